The highest BCUT2D eigenvalue weighted by Crippen LogP contribution is 2.15. The molecular formula is C15H14N2O3. The second-order valence-electron chi connectivity index (χ2n) is 4.70. The molecule has 0 saturated carbocycles. The molecular weight excluding hydrogens is 256 g/mol. The molecule has 1 N–H and O–H groups in total. The van der Waals surface area contributed by atoms with Crippen LogP contribution >= 0.6 is 0 Å². The SMILES string of the molecule is O=C1N[C@@H](Cc2ccccc2)C(=O)N1Cc1ccco1. The van der Waals surface area contributed by atoms with Crippen LogP contribution in [0.4, 0.5) is 4.79 Å². The lowest BCUT2D eigenvalue weighted by molar-refractivity contribution is -0.128. The third-order valence-corrected chi connectivity index (χ3v) is 3.28. The molecule has 1 aromatic carbocycles. The molecule has 1 aromatic heterocycles. The molecule has 20 heavy (non-hydrogen) atoms. The van der Waals surface area contributed by atoms with E-state index in [2.05, 4.69) is 5.32 Å². The third-order valence-electron chi connectivity index (χ3n) is 3.28. The summed E-state index contributed by atoms with van der Waals surface area (Å²) in [7, 11) is 0. The number of rotatable bonds is 4. The van der Waals surface area contributed by atoms with Crippen LogP contribution in [0.5, 0.6) is 0 Å². The molecule has 0 aliphatic carbocycles. The zero-order valence-electron chi connectivity index (χ0n) is 10.8. The Bertz CT molecular complexity index is 607. The Morgan fingerprint density at radius 1 is 1.10 bits per heavy atom. The van der Waals surface area contributed by atoms with E-state index in [1.165, 1.54) is 11.2 Å². The van der Waals surface area contributed by atoms with Gasteiger partial charge in [0.2, 0.25) is 0 Å². The van der Waals surface area contributed by atoms with Crippen LogP contribution in [0.15, 0.2) is 53.1 Å². The van der Waals surface area contributed by atoms with E-state index in [1.54, 1.807) is 12.1 Å². The first kappa shape index (κ1) is 12.5. The summed E-state index contributed by atoms with van der Waals surface area (Å²) in [5, 5.41) is 2.71. The van der Waals surface area contributed by atoms with Gasteiger partial charge in [0.15, 0.2) is 0 Å². The van der Waals surface area contributed by atoms with Crippen molar-refractivity contribution in [3.05, 3.63) is 60.1 Å². The first-order valence-electron chi connectivity index (χ1n) is 6.42. The molecule has 1 aliphatic rings. The molecule has 0 radical (unpaired) electrons. The van der Waals surface area contributed by atoms with Crippen molar-refractivity contribution in [2.24, 2.45) is 0 Å². The van der Waals surface area contributed by atoms with Crippen LogP contribution in [0.25, 0.3) is 0 Å². The maximum Gasteiger partial charge on any atom is 0.325 e. The number of amides is 3. The molecule has 3 amide bonds. The molecule has 2 aromatic rings. The van der Waals surface area contributed by atoms with Crippen LogP contribution in [0.3, 0.4) is 0 Å². The van der Waals surface area contributed by atoms with Gasteiger partial charge in [0.1, 0.15) is 11.8 Å². The highest BCUT2D eigenvalue weighted by molar-refractivity contribution is 6.04. The van der Waals surface area contributed by atoms with Gasteiger partial charge in [0.25, 0.3) is 5.91 Å². The number of hydrogen-bond acceptors (Lipinski definition) is 3. The normalized spacial score (nSPS) is 18.4. The summed E-state index contributed by atoms with van der Waals surface area (Å²) in [5.41, 5.74) is 1.02. The number of nitrogens with zero attached hydrogens (tertiary/aromatic N) is 1. The van der Waals surface area contributed by atoms with Gasteiger partial charge in [-0.05, 0) is 17.7 Å². The van der Waals surface area contributed by atoms with Crippen molar-refractivity contribution >= 4 is 11.9 Å². The molecule has 102 valence electrons. The minimum atomic E-state index is -0.500. The van der Waals surface area contributed by atoms with Gasteiger partial charge in [-0.3, -0.25) is 9.69 Å². The standard InChI is InChI=1S/C15H14N2O3/c18-14-13(9-11-5-2-1-3-6-11)16-15(19)17(14)10-12-7-4-8-20-12/h1-8,13H,9-10H2,(H,16,19)/t13-/m0/s1. The third kappa shape index (κ3) is 2.42. The van der Waals surface area contributed by atoms with Crippen molar-refractivity contribution in [3.63, 3.8) is 0 Å². The van der Waals surface area contributed by atoms with Gasteiger partial charge in [-0.15, -0.1) is 0 Å². The Morgan fingerprint density at radius 2 is 1.90 bits per heavy atom. The van der Waals surface area contributed by atoms with Gasteiger partial charge < -0.3 is 9.73 Å². The Balaban J connectivity index is 1.70. The van der Waals surface area contributed by atoms with Gasteiger partial charge in [0.05, 0.1) is 12.8 Å². The van der Waals surface area contributed by atoms with Gasteiger partial charge in [0, 0.05) is 6.42 Å². The van der Waals surface area contributed by atoms with E-state index < -0.39 is 6.04 Å². The molecule has 0 unspecified atom stereocenters. The maximum absolute atomic E-state index is 12.2. The second kappa shape index (κ2) is 5.21. The van der Waals surface area contributed by atoms with Crippen molar-refractivity contribution in [2.45, 2.75) is 19.0 Å². The minimum absolute atomic E-state index is 0.170. The fourth-order valence-electron chi connectivity index (χ4n) is 2.27. The summed E-state index contributed by atoms with van der Waals surface area (Å²) in [6.45, 7) is 0.170. The summed E-state index contributed by atoms with van der Waals surface area (Å²) in [6.07, 6.45) is 2.02. The summed E-state index contributed by atoms with van der Waals surface area (Å²) < 4.78 is 5.17. The fourth-order valence-corrected chi connectivity index (χ4v) is 2.27. The van der Waals surface area contributed by atoms with Gasteiger partial charge in [-0.2, -0.15) is 0 Å². The van der Waals surface area contributed by atoms with Crippen LogP contribution in [0.1, 0.15) is 11.3 Å². The Labute approximate surface area is 116 Å². The molecule has 2 heterocycles. The predicted octanol–water partition coefficient (Wildman–Crippen LogP) is 1.94. The Morgan fingerprint density at radius 3 is 2.60 bits per heavy atom. The van der Waals surface area contributed by atoms with Crippen LogP contribution < -0.4 is 5.32 Å². The van der Waals surface area contributed by atoms with Crippen molar-refractivity contribution in [2.75, 3.05) is 0 Å². The number of furan rings is 1. The van der Waals surface area contributed by atoms with E-state index in [4.69, 9.17) is 4.42 Å². The highest BCUT2D eigenvalue weighted by atomic mass is 16.3. The van der Waals surface area contributed by atoms with Crippen molar-refractivity contribution in [1.82, 2.24) is 10.2 Å². The van der Waals surface area contributed by atoms with Crippen molar-refractivity contribution in [1.29, 1.82) is 0 Å². The largest absolute Gasteiger partial charge is 0.467 e. The maximum atomic E-state index is 12.2. The first-order valence-corrected chi connectivity index (χ1v) is 6.42. The minimum Gasteiger partial charge on any atom is -0.467 e. The number of benzene rings is 1. The summed E-state index contributed by atoms with van der Waals surface area (Å²) in [4.78, 5) is 25.3. The smallest absolute Gasteiger partial charge is 0.325 e. The zero-order valence-corrected chi connectivity index (χ0v) is 10.8. The molecule has 5 heteroatoms. The lowest BCUT2D eigenvalue weighted by atomic mass is 10.1. The van der Waals surface area contributed by atoms with E-state index in [1.807, 2.05) is 30.3 Å². The van der Waals surface area contributed by atoms with Crippen LogP contribution in [0, 0.1) is 0 Å². The van der Waals surface area contributed by atoms with Crippen LogP contribution in [-0.2, 0) is 17.8 Å². The number of carbonyl (C=O) groups is 2. The van der Waals surface area contributed by atoms with Gasteiger partial charge >= 0.3 is 6.03 Å². The highest BCUT2D eigenvalue weighted by Gasteiger charge is 2.38. The molecule has 1 fully saturated rings. The molecule has 5 nitrogen and oxygen atoms in total. The summed E-state index contributed by atoms with van der Waals surface area (Å²) >= 11 is 0. The van der Waals surface area contributed by atoms with E-state index in [9.17, 15) is 9.59 Å². The fraction of sp³-hybridized carbons (Fsp3) is 0.200. The lowest BCUT2D eigenvalue weighted by Crippen LogP contribution is -2.32. The molecule has 3 rings (SSSR count). The monoisotopic (exact) mass is 270 g/mol. The van der Waals surface area contributed by atoms with E-state index in [-0.39, 0.29) is 18.5 Å². The number of nitrogens with one attached hydrogen (secondary N) is 1. The number of carbonyl (C=O) groups excluding carboxylic acids is 2. The van der Waals surface area contributed by atoms with E-state index in [0.29, 0.717) is 12.2 Å². The first-order chi connectivity index (χ1) is 9.74. The topological polar surface area (TPSA) is 62.6 Å². The number of imide groups is 1. The molecule has 1 saturated heterocycles. The van der Waals surface area contributed by atoms with Crippen LogP contribution in [-0.4, -0.2) is 22.9 Å². The Kier molecular flexibility index (Phi) is 3.25. The van der Waals surface area contributed by atoms with Gasteiger partial charge in [-0.25, -0.2) is 4.79 Å². The summed E-state index contributed by atoms with van der Waals surface area (Å²) in [6, 6.07) is 12.2. The average Bonchev–Trinajstić information content (AvgIpc) is 3.05. The number of hydrogen-bond donors (Lipinski definition) is 1. The quantitative estimate of drug-likeness (QED) is 0.864. The van der Waals surface area contributed by atoms with E-state index >= 15 is 0 Å². The Hall–Kier alpha value is -2.56. The van der Waals surface area contributed by atoms with E-state index in [0.717, 1.165) is 5.56 Å². The summed E-state index contributed by atoms with van der Waals surface area (Å²) in [5.74, 6) is 0.379. The average molecular weight is 270 g/mol. The molecule has 0 spiro atoms. The molecule has 1 atom stereocenters. The van der Waals surface area contributed by atoms with Gasteiger partial charge in [-0.1, -0.05) is 30.3 Å². The second-order valence-corrected chi connectivity index (χ2v) is 4.70. The molecule has 1 aliphatic heterocycles. The van der Waals surface area contributed by atoms with Crippen molar-refractivity contribution < 1.29 is 14.0 Å². The van der Waals surface area contributed by atoms with Crippen molar-refractivity contribution in [3.8, 4) is 0 Å². The predicted molar refractivity (Wildman–Crippen MR) is 71.7 cm³/mol. The number of urea groups is 1. The molecule has 0 bridgehead atoms. The lowest BCUT2D eigenvalue weighted by Gasteiger charge is -2.11. The zero-order chi connectivity index (χ0) is 13.9. The van der Waals surface area contributed by atoms with Crippen LogP contribution in [0.2, 0.25) is 0 Å².